The monoisotopic (exact) mass is 413 g/mol. The van der Waals surface area contributed by atoms with Gasteiger partial charge in [0, 0.05) is 31.7 Å². The smallest absolute Gasteiger partial charge is 0.421 e. The molecule has 0 N–H and O–H groups in total. The molecule has 1 aromatic heterocycles. The highest BCUT2D eigenvalue weighted by molar-refractivity contribution is 5.66. The Morgan fingerprint density at radius 3 is 2.03 bits per heavy atom. The fourth-order valence-corrected chi connectivity index (χ4v) is 2.78. The fraction of sp³-hybridized carbons (Fsp3) is 0.190. The predicted molar refractivity (Wildman–Crippen MR) is 107 cm³/mol. The lowest BCUT2D eigenvalue weighted by molar-refractivity contribution is -0.137. The van der Waals surface area contributed by atoms with E-state index < -0.39 is 11.7 Å². The standard InChI is InChI=1S/C21H18F3N5O/c1-28(15-8-10-17(30-3)11-9-15)19-18(21(22,23)24)13-26-20(27-19)29(2)16-6-4-14(12-25)5-7-16/h4-11,13H,1-3H3. The van der Waals surface area contributed by atoms with E-state index in [9.17, 15) is 13.2 Å². The number of halogens is 3. The first kappa shape index (κ1) is 20.9. The Morgan fingerprint density at radius 1 is 0.933 bits per heavy atom. The van der Waals surface area contributed by atoms with Gasteiger partial charge in [-0.15, -0.1) is 0 Å². The predicted octanol–water partition coefficient (Wildman–Crippen LogP) is 4.91. The molecule has 9 heteroatoms. The second-order valence-corrected chi connectivity index (χ2v) is 6.38. The molecule has 0 fully saturated rings. The molecule has 1 heterocycles. The summed E-state index contributed by atoms with van der Waals surface area (Å²) in [5.74, 6) is 0.397. The zero-order valence-electron chi connectivity index (χ0n) is 16.5. The molecule has 0 amide bonds. The summed E-state index contributed by atoms with van der Waals surface area (Å²) in [6.07, 6.45) is -3.85. The number of ether oxygens (including phenoxy) is 1. The second-order valence-electron chi connectivity index (χ2n) is 6.38. The van der Waals surface area contributed by atoms with Crippen LogP contribution in [0.4, 0.5) is 36.3 Å². The lowest BCUT2D eigenvalue weighted by atomic mass is 10.2. The average molecular weight is 413 g/mol. The maximum Gasteiger partial charge on any atom is 0.421 e. The van der Waals surface area contributed by atoms with Crippen LogP contribution in [0.15, 0.2) is 54.7 Å². The molecule has 0 aliphatic carbocycles. The van der Waals surface area contributed by atoms with Gasteiger partial charge in [0.1, 0.15) is 11.3 Å². The first-order valence-corrected chi connectivity index (χ1v) is 8.80. The summed E-state index contributed by atoms with van der Waals surface area (Å²) in [7, 11) is 4.65. The Morgan fingerprint density at radius 2 is 1.50 bits per heavy atom. The van der Waals surface area contributed by atoms with Crippen molar-refractivity contribution < 1.29 is 17.9 Å². The minimum absolute atomic E-state index is 0.0862. The molecule has 0 saturated heterocycles. The van der Waals surface area contributed by atoms with Crippen LogP contribution in [0.1, 0.15) is 11.1 Å². The van der Waals surface area contributed by atoms with Gasteiger partial charge in [-0.1, -0.05) is 0 Å². The van der Waals surface area contributed by atoms with Gasteiger partial charge in [-0.3, -0.25) is 0 Å². The molecule has 3 rings (SSSR count). The summed E-state index contributed by atoms with van der Waals surface area (Å²) in [4.78, 5) is 11.0. The molecular weight excluding hydrogens is 395 g/mol. The van der Waals surface area contributed by atoms with Crippen molar-refractivity contribution in [2.75, 3.05) is 31.0 Å². The van der Waals surface area contributed by atoms with Crippen LogP contribution in [-0.2, 0) is 6.18 Å². The van der Waals surface area contributed by atoms with E-state index >= 15 is 0 Å². The van der Waals surface area contributed by atoms with Gasteiger partial charge in [0.05, 0.1) is 18.7 Å². The molecule has 0 radical (unpaired) electrons. The number of anilines is 4. The van der Waals surface area contributed by atoms with Crippen LogP contribution in [0.2, 0.25) is 0 Å². The van der Waals surface area contributed by atoms with Gasteiger partial charge in [-0.05, 0) is 48.5 Å². The summed E-state index contributed by atoms with van der Waals surface area (Å²) in [5, 5.41) is 8.92. The molecule has 0 unspecified atom stereocenters. The van der Waals surface area contributed by atoms with Crippen molar-refractivity contribution in [3.05, 3.63) is 65.9 Å². The summed E-state index contributed by atoms with van der Waals surface area (Å²) in [5.41, 5.74) is 0.664. The van der Waals surface area contributed by atoms with Crippen molar-refractivity contribution in [2.24, 2.45) is 0 Å². The van der Waals surface area contributed by atoms with E-state index in [-0.39, 0.29) is 11.8 Å². The minimum atomic E-state index is -4.62. The Bertz CT molecular complexity index is 1060. The summed E-state index contributed by atoms with van der Waals surface area (Å²) in [6, 6.07) is 15.2. The number of alkyl halides is 3. The van der Waals surface area contributed by atoms with Crippen LogP contribution in [0, 0.1) is 11.3 Å². The lowest BCUT2D eigenvalue weighted by Crippen LogP contribution is -2.21. The third kappa shape index (κ3) is 4.27. The Hall–Kier alpha value is -3.80. The van der Waals surface area contributed by atoms with E-state index in [1.54, 1.807) is 60.5 Å². The molecule has 0 atom stereocenters. The maximum absolute atomic E-state index is 13.6. The molecule has 154 valence electrons. The molecule has 0 saturated carbocycles. The van der Waals surface area contributed by atoms with Crippen LogP contribution in [0.5, 0.6) is 5.75 Å². The SMILES string of the molecule is COc1ccc(N(C)c2nc(N(C)c3ccc(C#N)cc3)ncc2C(F)(F)F)cc1. The largest absolute Gasteiger partial charge is 0.497 e. The van der Waals surface area contributed by atoms with Crippen molar-refractivity contribution in [3.63, 3.8) is 0 Å². The van der Waals surface area contributed by atoms with Crippen molar-refractivity contribution in [3.8, 4) is 11.8 Å². The number of nitriles is 1. The maximum atomic E-state index is 13.6. The molecule has 2 aromatic carbocycles. The quantitative estimate of drug-likeness (QED) is 0.592. The zero-order valence-corrected chi connectivity index (χ0v) is 16.5. The second kappa shape index (κ2) is 8.29. The first-order valence-electron chi connectivity index (χ1n) is 8.80. The van der Waals surface area contributed by atoms with Crippen LogP contribution in [0.3, 0.4) is 0 Å². The number of aromatic nitrogens is 2. The number of rotatable bonds is 5. The Labute approximate surface area is 171 Å². The average Bonchev–Trinajstić information content (AvgIpc) is 2.77. The summed E-state index contributed by atoms with van der Waals surface area (Å²) < 4.78 is 45.9. The number of hydrogen-bond donors (Lipinski definition) is 0. The van der Waals surface area contributed by atoms with Gasteiger partial charge < -0.3 is 14.5 Å². The van der Waals surface area contributed by atoms with Crippen molar-refractivity contribution in [1.29, 1.82) is 5.26 Å². The van der Waals surface area contributed by atoms with Crippen molar-refractivity contribution >= 4 is 23.1 Å². The molecule has 3 aromatic rings. The summed E-state index contributed by atoms with van der Waals surface area (Å²) >= 11 is 0. The van der Waals surface area contributed by atoms with Crippen molar-refractivity contribution in [2.45, 2.75) is 6.18 Å². The Balaban J connectivity index is 2.03. The van der Waals surface area contributed by atoms with E-state index in [1.807, 2.05) is 6.07 Å². The number of methoxy groups -OCH3 is 1. The van der Waals surface area contributed by atoms with Crippen LogP contribution in [-0.4, -0.2) is 31.2 Å². The molecular formula is C21H18F3N5O. The topological polar surface area (TPSA) is 65.3 Å². The summed E-state index contributed by atoms with van der Waals surface area (Å²) in [6.45, 7) is 0. The highest BCUT2D eigenvalue weighted by Gasteiger charge is 2.37. The number of nitrogens with zero attached hydrogens (tertiary/aromatic N) is 5. The zero-order chi connectivity index (χ0) is 21.9. The third-order valence-corrected chi connectivity index (χ3v) is 4.52. The minimum Gasteiger partial charge on any atom is -0.497 e. The van der Waals surface area contributed by atoms with Crippen molar-refractivity contribution in [1.82, 2.24) is 9.97 Å². The van der Waals surface area contributed by atoms with E-state index in [2.05, 4.69) is 9.97 Å². The van der Waals surface area contributed by atoms with E-state index in [1.165, 1.54) is 19.1 Å². The number of hydrogen-bond acceptors (Lipinski definition) is 6. The van der Waals surface area contributed by atoms with E-state index in [0.717, 1.165) is 6.20 Å². The van der Waals surface area contributed by atoms with Crippen LogP contribution in [0.25, 0.3) is 0 Å². The molecule has 0 aliphatic heterocycles. The Kier molecular flexibility index (Phi) is 5.78. The molecule has 6 nitrogen and oxygen atoms in total. The molecule has 30 heavy (non-hydrogen) atoms. The highest BCUT2D eigenvalue weighted by atomic mass is 19.4. The van der Waals surface area contributed by atoms with E-state index in [4.69, 9.17) is 10.00 Å². The normalized spacial score (nSPS) is 11.0. The third-order valence-electron chi connectivity index (χ3n) is 4.52. The van der Waals surface area contributed by atoms with Gasteiger partial charge in [0.2, 0.25) is 5.95 Å². The van der Waals surface area contributed by atoms with E-state index in [0.29, 0.717) is 22.7 Å². The van der Waals surface area contributed by atoms with Gasteiger partial charge in [-0.2, -0.15) is 23.4 Å². The van der Waals surface area contributed by atoms with Crippen LogP contribution >= 0.6 is 0 Å². The molecule has 0 spiro atoms. The van der Waals surface area contributed by atoms with Gasteiger partial charge in [0.15, 0.2) is 5.82 Å². The van der Waals surface area contributed by atoms with Gasteiger partial charge >= 0.3 is 6.18 Å². The van der Waals surface area contributed by atoms with Crippen LogP contribution < -0.4 is 14.5 Å². The fourth-order valence-electron chi connectivity index (χ4n) is 2.78. The molecule has 0 bridgehead atoms. The molecule has 0 aliphatic rings. The van der Waals surface area contributed by atoms with Gasteiger partial charge in [-0.25, -0.2) is 4.98 Å². The highest BCUT2D eigenvalue weighted by Crippen LogP contribution is 2.38. The first-order chi connectivity index (χ1) is 14.2. The van der Waals surface area contributed by atoms with Gasteiger partial charge in [0.25, 0.3) is 0 Å². The number of benzene rings is 2. The lowest BCUT2D eigenvalue weighted by Gasteiger charge is -2.25.